The van der Waals surface area contributed by atoms with Crippen LogP contribution in [0.15, 0.2) is 48.5 Å². The molecule has 0 unspecified atom stereocenters. The summed E-state index contributed by atoms with van der Waals surface area (Å²) in [5.74, 6) is -2.31. The number of aromatic carboxylic acids is 1. The number of carboxylic acid groups (broad SMARTS) is 1. The molecule has 0 bridgehead atoms. The fraction of sp³-hybridized carbons (Fsp3) is 0. The molecule has 1 aliphatic rings. The lowest BCUT2D eigenvalue weighted by molar-refractivity contribution is 0.0697. The van der Waals surface area contributed by atoms with Crippen LogP contribution < -0.4 is 0 Å². The Bertz CT molecular complexity index is 1110. The van der Waals surface area contributed by atoms with Gasteiger partial charge in [-0.25, -0.2) is 9.78 Å². The van der Waals surface area contributed by atoms with Crippen molar-refractivity contribution in [1.29, 1.82) is 0 Å². The number of benzene rings is 2. The van der Waals surface area contributed by atoms with Crippen LogP contribution in [0.2, 0.25) is 0 Å². The van der Waals surface area contributed by atoms with Crippen LogP contribution in [0, 0.1) is 0 Å². The molecule has 0 saturated heterocycles. The lowest BCUT2D eigenvalue weighted by Crippen LogP contribution is -2.03. The fourth-order valence-corrected chi connectivity index (χ4v) is 2.96. The minimum atomic E-state index is -1.17. The standard InChI is InChI=1S/C19H11NO5/c21-14-8-9-3-1-2-4-13(9)20-16(14)15-17(22)11-6-5-10(19(24)25)7-12(11)18(15)23/h1-8,21-22H,(H,24,25). The smallest absolute Gasteiger partial charge is 0.335 e. The second-order valence-corrected chi connectivity index (χ2v) is 5.67. The van der Waals surface area contributed by atoms with E-state index in [0.29, 0.717) is 10.9 Å². The summed E-state index contributed by atoms with van der Waals surface area (Å²) in [7, 11) is 0. The van der Waals surface area contributed by atoms with E-state index in [0.717, 1.165) is 0 Å². The molecule has 0 spiro atoms. The van der Waals surface area contributed by atoms with Gasteiger partial charge in [-0.3, -0.25) is 4.79 Å². The number of hydrogen-bond acceptors (Lipinski definition) is 5. The van der Waals surface area contributed by atoms with Gasteiger partial charge in [0, 0.05) is 16.5 Å². The second-order valence-electron chi connectivity index (χ2n) is 5.67. The van der Waals surface area contributed by atoms with Crippen LogP contribution >= 0.6 is 0 Å². The molecule has 0 radical (unpaired) electrons. The fourth-order valence-electron chi connectivity index (χ4n) is 2.96. The molecule has 6 heteroatoms. The van der Waals surface area contributed by atoms with E-state index in [1.807, 2.05) is 0 Å². The maximum atomic E-state index is 12.7. The molecule has 0 atom stereocenters. The van der Waals surface area contributed by atoms with Crippen molar-refractivity contribution in [3.05, 3.63) is 70.9 Å². The Morgan fingerprint density at radius 2 is 1.72 bits per heavy atom. The normalized spacial score (nSPS) is 13.4. The van der Waals surface area contributed by atoms with Gasteiger partial charge in [-0.05, 0) is 30.3 Å². The van der Waals surface area contributed by atoms with Gasteiger partial charge in [0.15, 0.2) is 5.78 Å². The molecule has 1 aliphatic carbocycles. The van der Waals surface area contributed by atoms with Crippen LogP contribution in [-0.2, 0) is 0 Å². The molecule has 0 amide bonds. The van der Waals surface area contributed by atoms with E-state index >= 15 is 0 Å². The number of carbonyl (C=O) groups excluding carboxylic acids is 1. The molecule has 0 saturated carbocycles. The second kappa shape index (κ2) is 5.17. The molecule has 6 nitrogen and oxygen atoms in total. The average molecular weight is 333 g/mol. The average Bonchev–Trinajstić information content (AvgIpc) is 2.85. The van der Waals surface area contributed by atoms with Gasteiger partial charge in [0.2, 0.25) is 0 Å². The number of aliphatic hydroxyl groups is 1. The summed E-state index contributed by atoms with van der Waals surface area (Å²) in [4.78, 5) is 28.1. The molecule has 0 fully saturated rings. The quantitative estimate of drug-likeness (QED) is 0.664. The molecule has 1 aromatic heterocycles. The lowest BCUT2D eigenvalue weighted by Gasteiger charge is -2.07. The number of Topliss-reactive ketones (excluding diaryl/α,β-unsaturated/α-hetero) is 1. The third-order valence-corrected chi connectivity index (χ3v) is 4.17. The predicted molar refractivity (Wildman–Crippen MR) is 90.6 cm³/mol. The first kappa shape index (κ1) is 14.9. The number of hydrogen-bond donors (Lipinski definition) is 3. The molecular formula is C19H11NO5. The molecule has 4 rings (SSSR count). The molecule has 2 aromatic carbocycles. The number of carboxylic acids is 1. The van der Waals surface area contributed by atoms with Gasteiger partial charge < -0.3 is 15.3 Å². The van der Waals surface area contributed by atoms with Crippen LogP contribution in [0.3, 0.4) is 0 Å². The van der Waals surface area contributed by atoms with Crippen LogP contribution in [0.4, 0.5) is 0 Å². The SMILES string of the molecule is O=C(O)c1ccc2c(c1)C(=O)C(c1nc3ccccc3cc1O)=C2O. The van der Waals surface area contributed by atoms with E-state index in [4.69, 9.17) is 5.11 Å². The highest BCUT2D eigenvalue weighted by molar-refractivity contribution is 6.39. The summed E-state index contributed by atoms with van der Waals surface area (Å²) in [6.45, 7) is 0. The zero-order valence-electron chi connectivity index (χ0n) is 12.7. The van der Waals surface area contributed by atoms with Crippen molar-refractivity contribution in [3.8, 4) is 5.75 Å². The van der Waals surface area contributed by atoms with E-state index < -0.39 is 11.8 Å². The van der Waals surface area contributed by atoms with Crippen molar-refractivity contribution in [3.63, 3.8) is 0 Å². The van der Waals surface area contributed by atoms with Crippen LogP contribution in [0.25, 0.3) is 22.2 Å². The van der Waals surface area contributed by atoms with Gasteiger partial charge in [0.25, 0.3) is 0 Å². The minimum absolute atomic E-state index is 0.0331. The summed E-state index contributed by atoms with van der Waals surface area (Å²) < 4.78 is 0. The maximum absolute atomic E-state index is 12.7. The number of pyridine rings is 1. The monoisotopic (exact) mass is 333 g/mol. The number of fused-ring (bicyclic) bond motifs is 2. The maximum Gasteiger partial charge on any atom is 0.335 e. The molecule has 25 heavy (non-hydrogen) atoms. The van der Waals surface area contributed by atoms with Crippen LogP contribution in [0.5, 0.6) is 5.75 Å². The van der Waals surface area contributed by atoms with E-state index in [-0.39, 0.29) is 39.5 Å². The number of allylic oxidation sites excluding steroid dienone is 1. The van der Waals surface area contributed by atoms with E-state index in [1.165, 1.54) is 24.3 Å². The highest BCUT2D eigenvalue weighted by atomic mass is 16.4. The Morgan fingerprint density at radius 3 is 2.48 bits per heavy atom. The van der Waals surface area contributed by atoms with Crippen molar-refractivity contribution in [2.75, 3.05) is 0 Å². The number of aromatic hydroxyl groups is 1. The van der Waals surface area contributed by atoms with Crippen molar-refractivity contribution in [1.82, 2.24) is 4.98 Å². The van der Waals surface area contributed by atoms with Crippen LogP contribution in [-0.4, -0.2) is 32.1 Å². The summed E-state index contributed by atoms with van der Waals surface area (Å²) in [5.41, 5.74) is 0.624. The lowest BCUT2D eigenvalue weighted by atomic mass is 10.0. The number of para-hydroxylation sites is 1. The molecule has 122 valence electrons. The largest absolute Gasteiger partial charge is 0.506 e. The van der Waals surface area contributed by atoms with E-state index in [9.17, 15) is 19.8 Å². The van der Waals surface area contributed by atoms with Crippen molar-refractivity contribution >= 4 is 34.0 Å². The number of aromatic nitrogens is 1. The van der Waals surface area contributed by atoms with Gasteiger partial charge in [-0.15, -0.1) is 0 Å². The zero-order chi connectivity index (χ0) is 17.7. The Kier molecular flexibility index (Phi) is 3.08. The first-order valence-electron chi connectivity index (χ1n) is 7.42. The highest BCUT2D eigenvalue weighted by Crippen LogP contribution is 2.40. The first-order valence-corrected chi connectivity index (χ1v) is 7.42. The van der Waals surface area contributed by atoms with Gasteiger partial charge in [-0.1, -0.05) is 18.2 Å². The third kappa shape index (κ3) is 2.15. The van der Waals surface area contributed by atoms with Crippen molar-refractivity contribution in [2.45, 2.75) is 0 Å². The van der Waals surface area contributed by atoms with Gasteiger partial charge in [0.1, 0.15) is 17.2 Å². The summed E-state index contributed by atoms with van der Waals surface area (Å²) >= 11 is 0. The highest BCUT2D eigenvalue weighted by Gasteiger charge is 2.33. The van der Waals surface area contributed by atoms with E-state index in [2.05, 4.69) is 4.98 Å². The number of aliphatic hydroxyl groups excluding tert-OH is 1. The Balaban J connectivity index is 1.92. The number of ketones is 1. The Labute approximate surface area is 141 Å². The summed E-state index contributed by atoms with van der Waals surface area (Å²) in [5, 5.41) is 30.5. The first-order chi connectivity index (χ1) is 12.0. The number of rotatable bonds is 2. The minimum Gasteiger partial charge on any atom is -0.506 e. The molecular weight excluding hydrogens is 322 g/mol. The Hall–Kier alpha value is -3.67. The predicted octanol–water partition coefficient (Wildman–Crippen LogP) is 3.26. The number of carbonyl (C=O) groups is 2. The van der Waals surface area contributed by atoms with Crippen LogP contribution in [0.1, 0.15) is 32.0 Å². The Morgan fingerprint density at radius 1 is 0.960 bits per heavy atom. The van der Waals surface area contributed by atoms with E-state index in [1.54, 1.807) is 24.3 Å². The van der Waals surface area contributed by atoms with Crippen molar-refractivity contribution in [2.24, 2.45) is 0 Å². The summed E-state index contributed by atoms with van der Waals surface area (Å²) in [6.07, 6.45) is 0. The van der Waals surface area contributed by atoms with Gasteiger partial charge in [-0.2, -0.15) is 0 Å². The number of nitrogens with zero attached hydrogens (tertiary/aromatic N) is 1. The molecule has 3 aromatic rings. The molecule has 3 N–H and O–H groups in total. The zero-order valence-corrected chi connectivity index (χ0v) is 12.7. The third-order valence-electron chi connectivity index (χ3n) is 4.17. The topological polar surface area (TPSA) is 108 Å². The van der Waals surface area contributed by atoms with Crippen molar-refractivity contribution < 1.29 is 24.9 Å². The van der Waals surface area contributed by atoms with Gasteiger partial charge >= 0.3 is 5.97 Å². The molecule has 1 heterocycles. The van der Waals surface area contributed by atoms with Gasteiger partial charge in [0.05, 0.1) is 16.7 Å². The molecule has 0 aliphatic heterocycles. The summed E-state index contributed by atoms with van der Waals surface area (Å²) in [6, 6.07) is 12.4.